The van der Waals surface area contributed by atoms with Crippen molar-refractivity contribution in [3.05, 3.63) is 199 Å². The molecule has 0 unspecified atom stereocenters. The minimum atomic E-state index is -4.54. The number of fused-ring (bicyclic) bond motifs is 6. The second-order valence-electron chi connectivity index (χ2n) is 15.2. The van der Waals surface area contributed by atoms with Gasteiger partial charge in [-0.05, 0) is 66.6 Å². The highest BCUT2D eigenvalue weighted by Gasteiger charge is 2.32. The molecule has 0 amide bonds. The molecule has 0 aliphatic carbocycles. The Labute approximate surface area is 348 Å². The normalized spacial score (nSPS) is 11.9. The van der Waals surface area contributed by atoms with Crippen LogP contribution in [-0.2, 0) is 6.18 Å². The Bertz CT molecular complexity index is 3400. The smallest absolute Gasteiger partial charge is 0.309 e. The number of benzene rings is 8. The number of para-hydroxylation sites is 3. The molecule has 0 radical (unpaired) electrons. The molecule has 11 rings (SSSR count). The molecule has 8 heteroatoms. The molecule has 3 heterocycles. The molecule has 0 spiro atoms. The molecule has 0 saturated carbocycles. The van der Waals surface area contributed by atoms with Crippen molar-refractivity contribution < 1.29 is 13.2 Å². The lowest BCUT2D eigenvalue weighted by molar-refractivity contribution is -0.137. The first-order valence-electron chi connectivity index (χ1n) is 20.0. The number of rotatable bonds is 6. The average molecular weight is 798 g/mol. The summed E-state index contributed by atoms with van der Waals surface area (Å²) in [5.41, 5.74) is 9.32. The van der Waals surface area contributed by atoms with Crippen molar-refractivity contribution in [3.63, 3.8) is 0 Å². The van der Waals surface area contributed by atoms with Gasteiger partial charge in [0.2, 0.25) is 0 Å². The summed E-state index contributed by atoms with van der Waals surface area (Å²) in [5.74, 6) is 1.34. The van der Waals surface area contributed by atoms with Crippen molar-refractivity contribution >= 4 is 43.6 Å². The van der Waals surface area contributed by atoms with Crippen LogP contribution in [0.15, 0.2) is 188 Å². The number of alkyl halides is 3. The first-order chi connectivity index (χ1) is 29.8. The maximum absolute atomic E-state index is 14.5. The lowest BCUT2D eigenvalue weighted by Crippen LogP contribution is -2.06. The van der Waals surface area contributed by atoms with Gasteiger partial charge in [-0.25, -0.2) is 15.0 Å². The quantitative estimate of drug-likeness (QED) is 0.168. The lowest BCUT2D eigenvalue weighted by Gasteiger charge is -2.18. The van der Waals surface area contributed by atoms with Gasteiger partial charge >= 0.3 is 6.18 Å². The predicted octanol–water partition coefficient (Wildman–Crippen LogP) is 14.1. The average Bonchev–Trinajstić information content (AvgIpc) is 3.81. The van der Waals surface area contributed by atoms with Crippen molar-refractivity contribution in [2.24, 2.45) is 0 Å². The zero-order valence-electron chi connectivity index (χ0n) is 32.8. The SMILES string of the molecule is Cc1ccc2c3ccc(C(F)(F)F)cc3n(-c3ccc(-c4cccc5c6ccccc6n(-c6ccccc6)c45)cc3-c3nc(-c4ccccc4)nc(-c4ccccc4)n3)c2c1. The Morgan fingerprint density at radius 2 is 0.984 bits per heavy atom. The molecule has 61 heavy (non-hydrogen) atoms. The number of hydrogen-bond donors (Lipinski definition) is 0. The van der Waals surface area contributed by atoms with E-state index in [9.17, 15) is 13.2 Å². The lowest BCUT2D eigenvalue weighted by atomic mass is 9.98. The van der Waals surface area contributed by atoms with Gasteiger partial charge in [0.1, 0.15) is 0 Å². The fraction of sp³-hybridized carbons (Fsp3) is 0.0377. The molecular weight excluding hydrogens is 764 g/mol. The summed E-state index contributed by atoms with van der Waals surface area (Å²) >= 11 is 0. The summed E-state index contributed by atoms with van der Waals surface area (Å²) in [6.07, 6.45) is -4.54. The van der Waals surface area contributed by atoms with Crippen molar-refractivity contribution in [2.45, 2.75) is 13.1 Å². The Morgan fingerprint density at radius 3 is 1.67 bits per heavy atom. The van der Waals surface area contributed by atoms with Gasteiger partial charge in [0, 0.05) is 49.5 Å². The fourth-order valence-electron chi connectivity index (χ4n) is 8.67. The van der Waals surface area contributed by atoms with Crippen LogP contribution in [0.3, 0.4) is 0 Å². The van der Waals surface area contributed by atoms with Crippen molar-refractivity contribution in [3.8, 4) is 56.7 Å². The van der Waals surface area contributed by atoms with Gasteiger partial charge in [0.15, 0.2) is 17.5 Å². The van der Waals surface area contributed by atoms with Gasteiger partial charge in [-0.15, -0.1) is 0 Å². The van der Waals surface area contributed by atoms with E-state index >= 15 is 0 Å². The van der Waals surface area contributed by atoms with Crippen molar-refractivity contribution in [1.82, 2.24) is 24.1 Å². The molecule has 0 fully saturated rings. The molecule has 5 nitrogen and oxygen atoms in total. The second-order valence-corrected chi connectivity index (χ2v) is 15.2. The van der Waals surface area contributed by atoms with E-state index in [1.165, 1.54) is 6.07 Å². The predicted molar refractivity (Wildman–Crippen MR) is 240 cm³/mol. The van der Waals surface area contributed by atoms with Gasteiger partial charge in [-0.3, -0.25) is 0 Å². The summed E-state index contributed by atoms with van der Waals surface area (Å²) in [7, 11) is 0. The van der Waals surface area contributed by atoms with E-state index in [1.807, 2.05) is 115 Å². The molecule has 3 aromatic heterocycles. The Balaban J connectivity index is 1.26. The van der Waals surface area contributed by atoms with Crippen LogP contribution in [0.2, 0.25) is 0 Å². The van der Waals surface area contributed by atoms with E-state index in [0.717, 1.165) is 72.3 Å². The van der Waals surface area contributed by atoms with Gasteiger partial charge in [0.05, 0.1) is 33.3 Å². The summed E-state index contributed by atoms with van der Waals surface area (Å²) < 4.78 is 47.7. The molecule has 0 atom stereocenters. The second kappa shape index (κ2) is 14.2. The van der Waals surface area contributed by atoms with E-state index in [4.69, 9.17) is 15.0 Å². The topological polar surface area (TPSA) is 48.5 Å². The first kappa shape index (κ1) is 36.3. The third-order valence-corrected chi connectivity index (χ3v) is 11.4. The molecule has 0 bridgehead atoms. The minimum Gasteiger partial charge on any atom is -0.309 e. The van der Waals surface area contributed by atoms with Gasteiger partial charge in [-0.2, -0.15) is 13.2 Å². The standard InChI is InChI=1S/C53H34F3N5/c1-33-24-27-41-42-28-26-37(53(54,55)56)32-48(42)61(47(41)30-33)46-29-25-36(39-21-13-22-43-40-20-11-12-23-45(40)60(49(39)43)38-18-9-4-10-19-38)31-44(46)52-58-50(34-14-5-2-6-15-34)57-51(59-52)35-16-7-3-8-17-35/h2-32H,1H3. The van der Waals surface area contributed by atoms with Crippen LogP contribution in [0.5, 0.6) is 0 Å². The van der Waals surface area contributed by atoms with Crippen LogP contribution >= 0.6 is 0 Å². The highest BCUT2D eigenvalue weighted by molar-refractivity contribution is 6.14. The van der Waals surface area contributed by atoms with E-state index in [2.05, 4.69) is 71.3 Å². The zero-order chi connectivity index (χ0) is 41.2. The first-order valence-corrected chi connectivity index (χ1v) is 20.0. The van der Waals surface area contributed by atoms with Crippen LogP contribution in [0.1, 0.15) is 11.1 Å². The molecule has 0 aliphatic heterocycles. The number of hydrogen-bond acceptors (Lipinski definition) is 3. The van der Waals surface area contributed by atoms with Gasteiger partial charge in [-0.1, -0.05) is 140 Å². The van der Waals surface area contributed by atoms with Crippen LogP contribution in [0.25, 0.3) is 100 Å². The Morgan fingerprint density at radius 1 is 0.410 bits per heavy atom. The third kappa shape index (κ3) is 6.14. The molecular formula is C53H34F3N5. The summed E-state index contributed by atoms with van der Waals surface area (Å²) in [5, 5.41) is 3.77. The number of nitrogens with zero attached hydrogens (tertiary/aromatic N) is 5. The molecule has 0 N–H and O–H groups in total. The van der Waals surface area contributed by atoms with Gasteiger partial charge in [0.25, 0.3) is 0 Å². The fourth-order valence-corrected chi connectivity index (χ4v) is 8.67. The number of halogens is 3. The number of aryl methyl sites for hydroxylation is 1. The highest BCUT2D eigenvalue weighted by atomic mass is 19.4. The van der Waals surface area contributed by atoms with Crippen molar-refractivity contribution in [1.29, 1.82) is 0 Å². The van der Waals surface area contributed by atoms with Crippen LogP contribution in [0, 0.1) is 6.92 Å². The maximum atomic E-state index is 14.5. The van der Waals surface area contributed by atoms with Crippen molar-refractivity contribution in [2.75, 3.05) is 0 Å². The van der Waals surface area contributed by atoms with Crippen LogP contribution in [0.4, 0.5) is 13.2 Å². The highest BCUT2D eigenvalue weighted by Crippen LogP contribution is 2.43. The Hall–Kier alpha value is -7.84. The Kier molecular flexibility index (Phi) is 8.42. The molecule has 8 aromatic carbocycles. The summed E-state index contributed by atoms with van der Waals surface area (Å²) in [6, 6.07) is 60.7. The van der Waals surface area contributed by atoms with E-state index in [0.29, 0.717) is 39.6 Å². The largest absolute Gasteiger partial charge is 0.416 e. The van der Waals surface area contributed by atoms with E-state index in [-0.39, 0.29) is 0 Å². The number of aromatic nitrogens is 5. The minimum absolute atomic E-state index is 0.384. The summed E-state index contributed by atoms with van der Waals surface area (Å²) in [6.45, 7) is 1.99. The monoisotopic (exact) mass is 797 g/mol. The molecule has 0 aliphatic rings. The molecule has 292 valence electrons. The van der Waals surface area contributed by atoms with Gasteiger partial charge < -0.3 is 9.13 Å². The van der Waals surface area contributed by atoms with E-state index < -0.39 is 11.7 Å². The molecule has 0 saturated heterocycles. The molecule has 11 aromatic rings. The van der Waals surface area contributed by atoms with Crippen LogP contribution in [-0.4, -0.2) is 24.1 Å². The third-order valence-electron chi connectivity index (χ3n) is 11.4. The van der Waals surface area contributed by atoms with E-state index in [1.54, 1.807) is 6.07 Å². The van der Waals surface area contributed by atoms with Crippen LogP contribution < -0.4 is 0 Å². The zero-order valence-corrected chi connectivity index (χ0v) is 32.8. The maximum Gasteiger partial charge on any atom is 0.416 e. The summed E-state index contributed by atoms with van der Waals surface area (Å²) in [4.78, 5) is 15.3.